The fourth-order valence-electron chi connectivity index (χ4n) is 2.48. The Kier molecular flexibility index (Phi) is 7.60. The van der Waals surface area contributed by atoms with Gasteiger partial charge in [0.2, 0.25) is 5.91 Å². The number of furan rings is 1. The number of hydrogen-bond donors (Lipinski definition) is 1. The summed E-state index contributed by atoms with van der Waals surface area (Å²) in [6, 6.07) is 9.71. The zero-order chi connectivity index (χ0) is 19.1. The number of carbonyl (C=O) groups excluding carboxylic acids is 2. The van der Waals surface area contributed by atoms with Gasteiger partial charge in [0, 0.05) is 17.6 Å². The Morgan fingerprint density at radius 3 is 2.50 bits per heavy atom. The molecular weight excluding hydrogens is 372 g/mol. The van der Waals surface area contributed by atoms with E-state index in [0.717, 1.165) is 11.5 Å². The molecule has 1 atom stereocenters. The number of nitrogens with zero attached hydrogens (tertiary/aromatic N) is 1. The van der Waals surface area contributed by atoms with Crippen molar-refractivity contribution in [3.63, 3.8) is 0 Å². The molecule has 0 aliphatic rings. The molecule has 5 nitrogen and oxygen atoms in total. The predicted molar refractivity (Wildman–Crippen MR) is 106 cm³/mol. The maximum Gasteiger partial charge on any atom is 0.251 e. The third kappa shape index (κ3) is 5.81. The minimum Gasteiger partial charge on any atom is -0.464 e. The van der Waals surface area contributed by atoms with Crippen LogP contribution in [-0.4, -0.2) is 41.8 Å². The molecule has 7 heteroatoms. The van der Waals surface area contributed by atoms with E-state index in [-0.39, 0.29) is 11.8 Å². The fraction of sp³-hybridized carbons (Fsp3) is 0.368. The normalized spacial score (nSPS) is 11.8. The quantitative estimate of drug-likeness (QED) is 0.740. The van der Waals surface area contributed by atoms with Crippen molar-refractivity contribution in [3.05, 3.63) is 58.5 Å². The number of halogens is 1. The van der Waals surface area contributed by atoms with Gasteiger partial charge in [-0.2, -0.15) is 11.8 Å². The number of likely N-dealkylation sites (N-methyl/N-ethyl adjacent to an activating group) is 1. The first kappa shape index (κ1) is 20.4. The maximum atomic E-state index is 12.8. The van der Waals surface area contributed by atoms with Crippen LogP contribution in [-0.2, 0) is 11.3 Å². The largest absolute Gasteiger partial charge is 0.464 e. The van der Waals surface area contributed by atoms with E-state index in [4.69, 9.17) is 16.0 Å². The van der Waals surface area contributed by atoms with Crippen molar-refractivity contribution in [2.75, 3.05) is 19.1 Å². The van der Waals surface area contributed by atoms with E-state index in [1.165, 1.54) is 0 Å². The number of aryl methyl sites for hydroxylation is 1. The molecule has 2 aromatic rings. The molecule has 0 unspecified atom stereocenters. The molecule has 1 aromatic carbocycles. The van der Waals surface area contributed by atoms with Crippen molar-refractivity contribution in [1.29, 1.82) is 0 Å². The second kappa shape index (κ2) is 9.69. The molecule has 0 saturated heterocycles. The lowest BCUT2D eigenvalue weighted by molar-refractivity contribution is -0.132. The Morgan fingerprint density at radius 2 is 1.92 bits per heavy atom. The summed E-state index contributed by atoms with van der Waals surface area (Å²) in [4.78, 5) is 26.9. The minimum atomic E-state index is -0.591. The molecule has 2 amide bonds. The molecule has 140 valence electrons. The lowest BCUT2D eigenvalue weighted by Crippen LogP contribution is -2.47. The van der Waals surface area contributed by atoms with Crippen LogP contribution in [0.5, 0.6) is 0 Å². The molecule has 0 spiro atoms. The van der Waals surface area contributed by atoms with E-state index >= 15 is 0 Å². The van der Waals surface area contributed by atoms with Crippen LogP contribution in [0.2, 0.25) is 5.02 Å². The molecule has 2 rings (SSSR count). The smallest absolute Gasteiger partial charge is 0.251 e. The molecule has 1 heterocycles. The topological polar surface area (TPSA) is 62.6 Å². The predicted octanol–water partition coefficient (Wildman–Crippen LogP) is 3.75. The highest BCUT2D eigenvalue weighted by atomic mass is 35.5. The molecule has 1 N–H and O–H groups in total. The van der Waals surface area contributed by atoms with E-state index < -0.39 is 6.04 Å². The zero-order valence-corrected chi connectivity index (χ0v) is 16.7. The molecule has 1 aromatic heterocycles. The van der Waals surface area contributed by atoms with Gasteiger partial charge in [-0.1, -0.05) is 11.6 Å². The summed E-state index contributed by atoms with van der Waals surface area (Å²) in [5, 5.41) is 3.40. The van der Waals surface area contributed by atoms with Crippen LogP contribution in [0, 0.1) is 6.92 Å². The Bertz CT molecular complexity index is 745. The lowest BCUT2D eigenvalue weighted by Gasteiger charge is -2.24. The van der Waals surface area contributed by atoms with E-state index in [1.54, 1.807) is 48.0 Å². The van der Waals surface area contributed by atoms with Gasteiger partial charge in [-0.25, -0.2) is 0 Å². The monoisotopic (exact) mass is 394 g/mol. The van der Waals surface area contributed by atoms with Gasteiger partial charge in [-0.15, -0.1) is 0 Å². The number of nitrogens with one attached hydrogen (secondary N) is 1. The van der Waals surface area contributed by atoms with Crippen LogP contribution in [0.1, 0.15) is 28.3 Å². The summed E-state index contributed by atoms with van der Waals surface area (Å²) in [6.07, 6.45) is 2.53. The van der Waals surface area contributed by atoms with E-state index in [2.05, 4.69) is 5.32 Å². The highest BCUT2D eigenvalue weighted by Gasteiger charge is 2.24. The second-order valence-corrected chi connectivity index (χ2v) is 7.44. The minimum absolute atomic E-state index is 0.143. The van der Waals surface area contributed by atoms with E-state index in [1.807, 2.05) is 25.3 Å². The van der Waals surface area contributed by atoms with Crippen LogP contribution < -0.4 is 5.32 Å². The molecule has 0 fully saturated rings. The number of benzene rings is 1. The molecule has 0 bridgehead atoms. The average Bonchev–Trinajstić information content (AvgIpc) is 3.03. The van der Waals surface area contributed by atoms with Crippen LogP contribution in [0.15, 0.2) is 40.8 Å². The van der Waals surface area contributed by atoms with Gasteiger partial charge in [0.05, 0.1) is 6.54 Å². The van der Waals surface area contributed by atoms with Gasteiger partial charge in [-0.3, -0.25) is 9.59 Å². The number of amides is 2. The first-order chi connectivity index (χ1) is 12.4. The lowest BCUT2D eigenvalue weighted by atomic mass is 10.1. The van der Waals surface area contributed by atoms with E-state index in [0.29, 0.717) is 29.3 Å². The summed E-state index contributed by atoms with van der Waals surface area (Å²) in [7, 11) is 1.71. The third-order valence-corrected chi connectivity index (χ3v) is 4.78. The van der Waals surface area contributed by atoms with Gasteiger partial charge in [0.25, 0.3) is 5.91 Å². The van der Waals surface area contributed by atoms with Crippen molar-refractivity contribution >= 4 is 35.2 Å². The highest BCUT2D eigenvalue weighted by molar-refractivity contribution is 7.98. The van der Waals surface area contributed by atoms with Crippen LogP contribution in [0.3, 0.4) is 0 Å². The summed E-state index contributed by atoms with van der Waals surface area (Å²) in [6.45, 7) is 2.22. The third-order valence-electron chi connectivity index (χ3n) is 3.89. The molecular formula is C19H23ClN2O3S. The van der Waals surface area contributed by atoms with Crippen molar-refractivity contribution < 1.29 is 14.0 Å². The number of hydrogen-bond acceptors (Lipinski definition) is 4. The molecule has 26 heavy (non-hydrogen) atoms. The van der Waals surface area contributed by atoms with Crippen LogP contribution in [0.4, 0.5) is 0 Å². The zero-order valence-electron chi connectivity index (χ0n) is 15.1. The summed E-state index contributed by atoms with van der Waals surface area (Å²) in [5.74, 6) is 1.85. The Morgan fingerprint density at radius 1 is 1.23 bits per heavy atom. The van der Waals surface area contributed by atoms with Gasteiger partial charge in [-0.05, 0) is 61.8 Å². The SMILES string of the molecule is CSCC[C@@H](NC(=O)c1ccc(Cl)cc1)C(=O)N(C)Cc1ccc(C)o1. The Balaban J connectivity index is 2.05. The van der Waals surface area contributed by atoms with Gasteiger partial charge in [0.1, 0.15) is 17.6 Å². The molecule has 0 aliphatic carbocycles. The van der Waals surface area contributed by atoms with Crippen LogP contribution in [0.25, 0.3) is 0 Å². The van der Waals surface area contributed by atoms with Crippen molar-refractivity contribution in [2.24, 2.45) is 0 Å². The van der Waals surface area contributed by atoms with Crippen molar-refractivity contribution in [3.8, 4) is 0 Å². The Hall–Kier alpha value is -1.92. The molecule has 0 aliphatic heterocycles. The standard InChI is InChI=1S/C19H23ClN2O3S/c1-13-4-9-16(25-13)12-22(2)19(24)17(10-11-26-3)21-18(23)14-5-7-15(20)8-6-14/h4-9,17H,10-12H2,1-3H3,(H,21,23)/t17-/m1/s1. The van der Waals surface area contributed by atoms with Gasteiger partial charge >= 0.3 is 0 Å². The van der Waals surface area contributed by atoms with Crippen molar-refractivity contribution in [1.82, 2.24) is 10.2 Å². The van der Waals surface area contributed by atoms with Crippen LogP contribution >= 0.6 is 23.4 Å². The maximum absolute atomic E-state index is 12.8. The fourth-order valence-corrected chi connectivity index (χ4v) is 3.08. The van der Waals surface area contributed by atoms with E-state index in [9.17, 15) is 9.59 Å². The second-order valence-electron chi connectivity index (χ2n) is 6.02. The first-order valence-corrected chi connectivity index (χ1v) is 10.0. The summed E-state index contributed by atoms with van der Waals surface area (Å²) in [5.41, 5.74) is 0.473. The molecule has 0 saturated carbocycles. The highest BCUT2D eigenvalue weighted by Crippen LogP contribution is 2.13. The number of rotatable bonds is 8. The number of carbonyl (C=O) groups is 2. The summed E-state index contributed by atoms with van der Waals surface area (Å²) < 4.78 is 5.53. The van der Waals surface area contributed by atoms with Gasteiger partial charge in [0.15, 0.2) is 0 Å². The number of thioether (sulfide) groups is 1. The molecule has 0 radical (unpaired) electrons. The first-order valence-electron chi connectivity index (χ1n) is 8.26. The summed E-state index contributed by atoms with van der Waals surface area (Å²) >= 11 is 7.49. The Labute approximate surface area is 163 Å². The average molecular weight is 395 g/mol. The van der Waals surface area contributed by atoms with Crippen molar-refractivity contribution in [2.45, 2.75) is 25.9 Å². The van der Waals surface area contributed by atoms with Gasteiger partial charge < -0.3 is 14.6 Å².